The first-order valence-electron chi connectivity index (χ1n) is 11.7. The Morgan fingerprint density at radius 2 is 1.77 bits per heavy atom. The number of benzene rings is 2. The normalized spacial score (nSPS) is 24.2. The fourth-order valence-corrected chi connectivity index (χ4v) is 5.79. The maximum Gasteiger partial charge on any atom is 0.254 e. The maximum absolute atomic E-state index is 13.6. The molecule has 2 aliphatic rings. The molecule has 0 unspecified atom stereocenters. The first-order valence-corrected chi connectivity index (χ1v) is 11.7. The van der Waals surface area contributed by atoms with Gasteiger partial charge in [-0.05, 0) is 66.2 Å². The average Bonchev–Trinajstić information content (AvgIpc) is 2.75. The summed E-state index contributed by atoms with van der Waals surface area (Å²) >= 11 is 0. The zero-order valence-electron chi connectivity index (χ0n) is 19.6. The van der Waals surface area contributed by atoms with Crippen LogP contribution in [0, 0.1) is 5.41 Å². The van der Waals surface area contributed by atoms with Gasteiger partial charge in [0.2, 0.25) is 0 Å². The Hall–Kier alpha value is -2.33. The highest BCUT2D eigenvalue weighted by Crippen LogP contribution is 2.57. The Morgan fingerprint density at radius 3 is 2.42 bits per heavy atom. The van der Waals surface area contributed by atoms with Gasteiger partial charge in [-0.2, -0.15) is 0 Å². The highest BCUT2D eigenvalue weighted by molar-refractivity contribution is 5.94. The van der Waals surface area contributed by atoms with Gasteiger partial charge in [0.05, 0.1) is 0 Å². The fraction of sp³-hybridized carbons (Fsp3) is 0.519. The van der Waals surface area contributed by atoms with E-state index in [0.717, 1.165) is 43.7 Å². The Morgan fingerprint density at radius 1 is 1.10 bits per heavy atom. The lowest BCUT2D eigenvalue weighted by molar-refractivity contribution is -0.0266. The summed E-state index contributed by atoms with van der Waals surface area (Å²) in [4.78, 5) is 18.0. The van der Waals surface area contributed by atoms with E-state index in [4.69, 9.17) is 0 Å². The van der Waals surface area contributed by atoms with Crippen LogP contribution >= 0.6 is 0 Å². The number of nitrogens with zero attached hydrogens (tertiary/aromatic N) is 2. The molecule has 166 valence electrons. The molecule has 2 aromatic carbocycles. The number of hydrogen-bond acceptors (Lipinski definition) is 3. The SMILES string of the molecule is CCN(CC)Cc1ccc(C(=O)N2CC[C@@]3(C)c4cccc(O)c4C[C@@H]2C3(C)C)cc1. The summed E-state index contributed by atoms with van der Waals surface area (Å²) in [7, 11) is 0. The van der Waals surface area contributed by atoms with Gasteiger partial charge in [0, 0.05) is 30.1 Å². The second kappa shape index (κ2) is 7.98. The van der Waals surface area contributed by atoms with E-state index in [1.54, 1.807) is 6.07 Å². The van der Waals surface area contributed by atoms with Crippen LogP contribution in [0.4, 0.5) is 0 Å². The van der Waals surface area contributed by atoms with Gasteiger partial charge >= 0.3 is 0 Å². The molecule has 31 heavy (non-hydrogen) atoms. The van der Waals surface area contributed by atoms with Crippen molar-refractivity contribution in [1.29, 1.82) is 0 Å². The number of amides is 1. The number of phenolic OH excluding ortho intramolecular Hbond substituents is 1. The molecule has 1 amide bonds. The van der Waals surface area contributed by atoms with Crippen LogP contribution in [0.15, 0.2) is 42.5 Å². The van der Waals surface area contributed by atoms with E-state index >= 15 is 0 Å². The summed E-state index contributed by atoms with van der Waals surface area (Å²) < 4.78 is 0. The number of phenols is 1. The first-order chi connectivity index (χ1) is 14.7. The van der Waals surface area contributed by atoms with Crippen molar-refractivity contribution in [3.63, 3.8) is 0 Å². The lowest BCUT2D eigenvalue weighted by Crippen LogP contribution is -2.64. The van der Waals surface area contributed by atoms with Gasteiger partial charge in [-0.3, -0.25) is 9.69 Å². The summed E-state index contributed by atoms with van der Waals surface area (Å²) in [6.45, 7) is 14.9. The predicted molar refractivity (Wildman–Crippen MR) is 125 cm³/mol. The van der Waals surface area contributed by atoms with Crippen molar-refractivity contribution < 1.29 is 9.90 Å². The molecule has 1 aliphatic carbocycles. The van der Waals surface area contributed by atoms with Gasteiger partial charge in [0.15, 0.2) is 0 Å². The van der Waals surface area contributed by atoms with Crippen LogP contribution in [0.2, 0.25) is 0 Å². The van der Waals surface area contributed by atoms with Gasteiger partial charge in [-0.1, -0.05) is 58.9 Å². The molecule has 1 aliphatic heterocycles. The molecule has 2 bridgehead atoms. The Bertz CT molecular complexity index is 962. The number of carbonyl (C=O) groups excluding carboxylic acids is 1. The van der Waals surface area contributed by atoms with E-state index in [-0.39, 0.29) is 22.8 Å². The second-order valence-electron chi connectivity index (χ2n) is 9.98. The van der Waals surface area contributed by atoms with Crippen molar-refractivity contribution in [3.05, 3.63) is 64.7 Å². The fourth-order valence-electron chi connectivity index (χ4n) is 5.79. The van der Waals surface area contributed by atoms with Crippen LogP contribution in [0.3, 0.4) is 0 Å². The highest BCUT2D eigenvalue weighted by Gasteiger charge is 2.57. The standard InChI is InChI=1S/C27H36N2O2/c1-6-28(7-2)18-19-11-13-20(14-12-19)25(31)29-16-15-27(5)22-9-8-10-23(30)21(22)17-24(29)26(27,3)4/h8-14,24,30H,6-7,15-18H2,1-5H3/t24-,27+/m1/s1. The van der Waals surface area contributed by atoms with Crippen LogP contribution in [0.5, 0.6) is 5.75 Å². The molecular weight excluding hydrogens is 384 g/mol. The minimum atomic E-state index is -0.0790. The van der Waals surface area contributed by atoms with Crippen molar-refractivity contribution in [3.8, 4) is 5.75 Å². The van der Waals surface area contributed by atoms with E-state index in [0.29, 0.717) is 12.2 Å². The quantitative estimate of drug-likeness (QED) is 0.741. The summed E-state index contributed by atoms with van der Waals surface area (Å²) in [5.41, 5.74) is 4.12. The molecular formula is C27H36N2O2. The Balaban J connectivity index is 1.62. The number of carbonyl (C=O) groups is 1. The molecule has 0 spiro atoms. The first kappa shape index (κ1) is 21.9. The number of rotatable bonds is 5. The monoisotopic (exact) mass is 420 g/mol. The number of fused-ring (bicyclic) bond motifs is 4. The van der Waals surface area contributed by atoms with Gasteiger partial charge in [-0.25, -0.2) is 0 Å². The van der Waals surface area contributed by atoms with E-state index in [1.807, 2.05) is 18.2 Å². The van der Waals surface area contributed by atoms with Crippen LogP contribution in [0.1, 0.15) is 68.1 Å². The minimum Gasteiger partial charge on any atom is -0.508 e. The zero-order chi connectivity index (χ0) is 22.4. The van der Waals surface area contributed by atoms with E-state index in [9.17, 15) is 9.90 Å². The van der Waals surface area contributed by atoms with Crippen molar-refractivity contribution in [2.45, 2.75) is 65.5 Å². The van der Waals surface area contributed by atoms with E-state index < -0.39 is 0 Å². The number of aromatic hydroxyl groups is 1. The second-order valence-corrected chi connectivity index (χ2v) is 9.98. The third-order valence-electron chi connectivity index (χ3n) is 8.39. The third-order valence-corrected chi connectivity index (χ3v) is 8.39. The predicted octanol–water partition coefficient (Wildman–Crippen LogP) is 4.99. The van der Waals surface area contributed by atoms with Gasteiger partial charge in [-0.15, -0.1) is 0 Å². The van der Waals surface area contributed by atoms with E-state index in [2.05, 4.69) is 62.6 Å². The number of hydrogen-bond donors (Lipinski definition) is 1. The Labute approximate surface area is 186 Å². The smallest absolute Gasteiger partial charge is 0.254 e. The molecule has 0 aromatic heterocycles. The largest absolute Gasteiger partial charge is 0.508 e. The van der Waals surface area contributed by atoms with Crippen molar-refractivity contribution >= 4 is 5.91 Å². The van der Waals surface area contributed by atoms with Crippen molar-refractivity contribution in [2.24, 2.45) is 5.41 Å². The summed E-state index contributed by atoms with van der Waals surface area (Å²) in [5, 5.41) is 10.6. The molecule has 4 rings (SSSR count). The summed E-state index contributed by atoms with van der Waals surface area (Å²) in [5.74, 6) is 0.465. The van der Waals surface area contributed by atoms with Gasteiger partial charge in [0.25, 0.3) is 5.91 Å². The molecule has 2 atom stereocenters. The number of piperidine rings is 1. The van der Waals surface area contributed by atoms with Crippen LogP contribution in [0.25, 0.3) is 0 Å². The molecule has 4 heteroatoms. The minimum absolute atomic E-state index is 0.0611. The molecule has 1 N–H and O–H groups in total. The van der Waals surface area contributed by atoms with Crippen molar-refractivity contribution in [1.82, 2.24) is 9.80 Å². The van der Waals surface area contributed by atoms with E-state index in [1.165, 1.54) is 11.1 Å². The lowest BCUT2D eigenvalue weighted by Gasteiger charge is -2.60. The van der Waals surface area contributed by atoms with Crippen LogP contribution < -0.4 is 0 Å². The molecule has 1 heterocycles. The van der Waals surface area contributed by atoms with Crippen LogP contribution in [-0.2, 0) is 18.4 Å². The third kappa shape index (κ3) is 3.45. The number of likely N-dealkylation sites (tertiary alicyclic amines) is 1. The Kier molecular flexibility index (Phi) is 5.63. The zero-order valence-corrected chi connectivity index (χ0v) is 19.6. The molecule has 1 fully saturated rings. The van der Waals surface area contributed by atoms with Crippen LogP contribution in [-0.4, -0.2) is 46.5 Å². The molecule has 0 radical (unpaired) electrons. The summed E-state index contributed by atoms with van der Waals surface area (Å²) in [6.07, 6.45) is 1.61. The topological polar surface area (TPSA) is 43.8 Å². The van der Waals surface area contributed by atoms with Gasteiger partial charge < -0.3 is 10.0 Å². The maximum atomic E-state index is 13.6. The molecule has 4 nitrogen and oxygen atoms in total. The lowest BCUT2D eigenvalue weighted by atomic mass is 9.51. The summed E-state index contributed by atoms with van der Waals surface area (Å²) in [6, 6.07) is 14.1. The molecule has 1 saturated heterocycles. The molecule has 0 saturated carbocycles. The molecule has 2 aromatic rings. The average molecular weight is 421 g/mol. The van der Waals surface area contributed by atoms with Crippen molar-refractivity contribution in [2.75, 3.05) is 19.6 Å². The highest BCUT2D eigenvalue weighted by atomic mass is 16.3. The van der Waals surface area contributed by atoms with Gasteiger partial charge in [0.1, 0.15) is 5.75 Å².